The van der Waals surface area contributed by atoms with Crippen molar-refractivity contribution in [1.82, 2.24) is 19.5 Å². The number of fused-ring (bicyclic) bond motifs is 1. The van der Waals surface area contributed by atoms with Gasteiger partial charge in [0.2, 0.25) is 0 Å². The second-order valence-electron chi connectivity index (χ2n) is 9.07. The molecule has 0 aliphatic carbocycles. The molecule has 0 unspecified atom stereocenters. The van der Waals surface area contributed by atoms with Crippen molar-refractivity contribution in [2.45, 2.75) is 25.8 Å². The second-order valence-corrected chi connectivity index (χ2v) is 9.51. The quantitative estimate of drug-likeness (QED) is 0.432. The van der Waals surface area contributed by atoms with Crippen molar-refractivity contribution < 1.29 is 4.39 Å². The molecule has 1 aliphatic heterocycles. The number of hydrogen-bond acceptors (Lipinski definition) is 5. The lowest BCUT2D eigenvalue weighted by atomic mass is 10.0. The van der Waals surface area contributed by atoms with Gasteiger partial charge in [0.1, 0.15) is 11.6 Å². The summed E-state index contributed by atoms with van der Waals surface area (Å²) in [6.07, 6.45) is 3.80. The third-order valence-corrected chi connectivity index (χ3v) is 7.10. The smallest absolute Gasteiger partial charge is 0.165 e. The number of aromatic nitrogens is 3. The van der Waals surface area contributed by atoms with Crippen LogP contribution >= 0.6 is 11.6 Å². The minimum absolute atomic E-state index is 0.313. The first-order chi connectivity index (χ1) is 16.3. The van der Waals surface area contributed by atoms with Gasteiger partial charge >= 0.3 is 0 Å². The van der Waals surface area contributed by atoms with Crippen LogP contribution in [0.5, 0.6) is 0 Å². The number of nitrogen functional groups attached to an aromatic ring is 1. The van der Waals surface area contributed by atoms with Crippen molar-refractivity contribution in [3.8, 4) is 22.3 Å². The highest BCUT2D eigenvalue weighted by atomic mass is 35.5. The van der Waals surface area contributed by atoms with E-state index < -0.39 is 0 Å². The molecule has 6 nitrogen and oxygen atoms in total. The zero-order valence-electron chi connectivity index (χ0n) is 19.6. The van der Waals surface area contributed by atoms with Gasteiger partial charge in [0.25, 0.3) is 0 Å². The summed E-state index contributed by atoms with van der Waals surface area (Å²) in [5.41, 5.74) is 11.5. The number of hydrogen-bond donors (Lipinski definition) is 1. The number of halogens is 2. The van der Waals surface area contributed by atoms with Crippen molar-refractivity contribution in [3.63, 3.8) is 0 Å². The van der Waals surface area contributed by atoms with Crippen molar-refractivity contribution in [2.75, 3.05) is 37.8 Å². The van der Waals surface area contributed by atoms with E-state index in [0.717, 1.165) is 48.4 Å². The van der Waals surface area contributed by atoms with E-state index in [1.807, 2.05) is 43.3 Å². The number of aryl methyl sites for hydroxylation is 1. The maximum absolute atomic E-state index is 15.1. The molecule has 1 aliphatic rings. The van der Waals surface area contributed by atoms with E-state index in [4.69, 9.17) is 22.3 Å². The Bertz CT molecular complexity index is 1360. The number of nitrogens with zero attached hydrogens (tertiary/aromatic N) is 5. The van der Waals surface area contributed by atoms with E-state index >= 15 is 4.39 Å². The number of likely N-dealkylation sites (tertiary alicyclic amines) is 1. The van der Waals surface area contributed by atoms with Gasteiger partial charge in [-0.25, -0.2) is 9.37 Å². The van der Waals surface area contributed by atoms with Crippen LogP contribution in [0.15, 0.2) is 48.7 Å². The molecule has 1 fully saturated rings. The summed E-state index contributed by atoms with van der Waals surface area (Å²) < 4.78 is 16.6. The van der Waals surface area contributed by atoms with E-state index in [-0.39, 0.29) is 5.82 Å². The van der Waals surface area contributed by atoms with Crippen molar-refractivity contribution >= 4 is 28.8 Å². The van der Waals surface area contributed by atoms with Crippen LogP contribution in [0.1, 0.15) is 18.5 Å². The number of rotatable bonds is 4. The van der Waals surface area contributed by atoms with E-state index in [2.05, 4.69) is 29.0 Å². The summed E-state index contributed by atoms with van der Waals surface area (Å²) in [6, 6.07) is 13.1. The fraction of sp³-hybridized carbons (Fsp3) is 0.308. The van der Waals surface area contributed by atoms with E-state index in [9.17, 15) is 0 Å². The van der Waals surface area contributed by atoms with Gasteiger partial charge in [-0.3, -0.25) is 0 Å². The molecule has 0 radical (unpaired) electrons. The highest BCUT2D eigenvalue weighted by Crippen LogP contribution is 2.35. The van der Waals surface area contributed by atoms with Crippen LogP contribution in [0.4, 0.5) is 15.9 Å². The molecule has 8 heteroatoms. The molecule has 2 aromatic heterocycles. The summed E-state index contributed by atoms with van der Waals surface area (Å²) in [4.78, 5) is 9.38. The minimum Gasteiger partial charge on any atom is -0.383 e. The Kier molecular flexibility index (Phi) is 5.91. The van der Waals surface area contributed by atoms with Crippen LogP contribution in [0.25, 0.3) is 27.9 Å². The summed E-state index contributed by atoms with van der Waals surface area (Å²) >= 11 is 6.19. The Morgan fingerprint density at radius 2 is 1.88 bits per heavy atom. The molecule has 4 aromatic rings. The van der Waals surface area contributed by atoms with Gasteiger partial charge in [0.05, 0.1) is 11.9 Å². The van der Waals surface area contributed by atoms with Crippen LogP contribution in [0.3, 0.4) is 0 Å². The third kappa shape index (κ3) is 3.99. The van der Waals surface area contributed by atoms with Gasteiger partial charge in [-0.05, 0) is 75.8 Å². The standard InChI is InChI=1S/C26H28ClFN6/c1-16-24(17-5-4-6-18(27)13-17)25(29)34-26(31-16)22(15-30-34)21-14-20(7-8-23(21)28)33(3)19-9-11-32(2)12-10-19/h4-8,13-15,19H,9-12,29H2,1-3H3. The zero-order chi connectivity index (χ0) is 24.0. The molecule has 5 rings (SSSR count). The summed E-state index contributed by atoms with van der Waals surface area (Å²) in [6.45, 7) is 4.02. The third-order valence-electron chi connectivity index (χ3n) is 6.86. The fourth-order valence-electron chi connectivity index (χ4n) is 4.85. The van der Waals surface area contributed by atoms with Crippen LogP contribution < -0.4 is 10.6 Å². The van der Waals surface area contributed by atoms with Crippen LogP contribution in [-0.4, -0.2) is 52.7 Å². The molecule has 0 bridgehead atoms. The maximum Gasteiger partial charge on any atom is 0.165 e. The van der Waals surface area contributed by atoms with Crippen LogP contribution in [0, 0.1) is 12.7 Å². The van der Waals surface area contributed by atoms with Gasteiger partial charge in [0.15, 0.2) is 5.65 Å². The molecule has 3 heterocycles. The molecule has 0 saturated carbocycles. The molecule has 0 atom stereocenters. The minimum atomic E-state index is -0.313. The first-order valence-corrected chi connectivity index (χ1v) is 11.8. The number of piperidine rings is 1. The van der Waals surface area contributed by atoms with E-state index in [1.54, 1.807) is 10.7 Å². The van der Waals surface area contributed by atoms with Crippen molar-refractivity contribution in [3.05, 3.63) is 65.2 Å². The molecule has 34 heavy (non-hydrogen) atoms. The lowest BCUT2D eigenvalue weighted by molar-refractivity contribution is 0.253. The van der Waals surface area contributed by atoms with Gasteiger partial charge < -0.3 is 15.5 Å². The average molecular weight is 479 g/mol. The van der Waals surface area contributed by atoms with Crippen LogP contribution in [-0.2, 0) is 0 Å². The van der Waals surface area contributed by atoms with Gasteiger partial charge in [-0.15, -0.1) is 0 Å². The van der Waals surface area contributed by atoms with Gasteiger partial charge in [-0.2, -0.15) is 9.61 Å². The molecule has 2 aromatic carbocycles. The largest absolute Gasteiger partial charge is 0.383 e. The van der Waals surface area contributed by atoms with Crippen molar-refractivity contribution in [2.24, 2.45) is 0 Å². The first kappa shape index (κ1) is 22.6. The maximum atomic E-state index is 15.1. The summed E-state index contributed by atoms with van der Waals surface area (Å²) in [7, 11) is 4.23. The molecule has 0 spiro atoms. The van der Waals surface area contributed by atoms with Crippen molar-refractivity contribution in [1.29, 1.82) is 0 Å². The summed E-state index contributed by atoms with van der Waals surface area (Å²) in [5.74, 6) is 0.128. The predicted octanol–water partition coefficient (Wildman–Crippen LogP) is 5.28. The van der Waals surface area contributed by atoms with E-state index in [1.165, 1.54) is 6.07 Å². The number of anilines is 2. The Balaban J connectivity index is 1.57. The highest BCUT2D eigenvalue weighted by molar-refractivity contribution is 6.30. The van der Waals surface area contributed by atoms with E-state index in [0.29, 0.717) is 33.7 Å². The van der Waals surface area contributed by atoms with Crippen LogP contribution in [0.2, 0.25) is 5.02 Å². The molecule has 2 N–H and O–H groups in total. The number of nitrogens with two attached hydrogens (primary N) is 1. The number of benzene rings is 2. The lowest BCUT2D eigenvalue weighted by Gasteiger charge is -2.36. The topological polar surface area (TPSA) is 62.7 Å². The summed E-state index contributed by atoms with van der Waals surface area (Å²) in [5, 5.41) is 5.08. The monoisotopic (exact) mass is 478 g/mol. The first-order valence-electron chi connectivity index (χ1n) is 11.4. The molecule has 176 valence electrons. The lowest BCUT2D eigenvalue weighted by Crippen LogP contribution is -2.42. The SMILES string of the molecule is Cc1nc2c(-c3cc(N(C)C4CCN(C)CC4)ccc3F)cnn2c(N)c1-c1cccc(Cl)c1. The molecular weight excluding hydrogens is 451 g/mol. The Hall–Kier alpha value is -3.16. The molecular formula is C26H28ClFN6. The fourth-order valence-corrected chi connectivity index (χ4v) is 5.05. The predicted molar refractivity (Wildman–Crippen MR) is 137 cm³/mol. The average Bonchev–Trinajstić information content (AvgIpc) is 3.23. The molecule has 0 amide bonds. The highest BCUT2D eigenvalue weighted by Gasteiger charge is 2.23. The van der Waals surface area contributed by atoms with Gasteiger partial charge in [0, 0.05) is 40.5 Å². The normalized spacial score (nSPS) is 15.2. The molecule has 1 saturated heterocycles. The zero-order valence-corrected chi connectivity index (χ0v) is 20.3. The Labute approximate surface area is 203 Å². The Morgan fingerprint density at radius 1 is 1.12 bits per heavy atom. The second kappa shape index (κ2) is 8.89. The van der Waals surface area contributed by atoms with Gasteiger partial charge in [-0.1, -0.05) is 23.7 Å². The Morgan fingerprint density at radius 3 is 2.62 bits per heavy atom.